The quantitative estimate of drug-likeness (QED) is 0.0258. The van der Waals surface area contributed by atoms with Gasteiger partial charge in [0.05, 0.1) is 62.7 Å². The summed E-state index contributed by atoms with van der Waals surface area (Å²) in [6, 6.07) is -1.13. The Morgan fingerprint density at radius 3 is 1.60 bits per heavy atom. The Bertz CT molecular complexity index is 2610. The molecule has 4 heterocycles. The average Bonchev–Trinajstić information content (AvgIpc) is 3.72. The molecule has 0 saturated carbocycles. The summed E-state index contributed by atoms with van der Waals surface area (Å²) in [5.41, 5.74) is 2.32. The number of H-pyrrole nitrogens is 1. The molecule has 80 heavy (non-hydrogen) atoms. The third-order valence-electron chi connectivity index (χ3n) is 11.7. The molecule has 2 saturated heterocycles. The first-order chi connectivity index (χ1) is 36.9. The van der Waals surface area contributed by atoms with Gasteiger partial charge in [0.15, 0.2) is 22.7 Å². The number of aliphatic imine (C=N–C) groups is 1. The highest BCUT2D eigenvalue weighted by Gasteiger charge is 2.56. The lowest BCUT2D eigenvalue weighted by atomic mass is 9.97. The van der Waals surface area contributed by atoms with Gasteiger partial charge in [-0.3, -0.25) is 51.6 Å². The topological polar surface area (TPSA) is 378 Å². The number of ether oxygens (including phenoxy) is 4. The largest absolute Gasteiger partial charge is 0.462 e. The number of alkyl halides is 2. The van der Waals surface area contributed by atoms with Crippen molar-refractivity contribution < 1.29 is 85.8 Å². The molecule has 1 aromatic heterocycles. The number of carbonyl (C=O) groups is 4. The molecule has 3 aliphatic rings. The van der Waals surface area contributed by atoms with Crippen molar-refractivity contribution in [3.8, 4) is 0 Å². The van der Waals surface area contributed by atoms with Crippen LogP contribution in [0.25, 0.3) is 0 Å². The van der Waals surface area contributed by atoms with E-state index in [1.165, 1.54) is 31.7 Å². The van der Waals surface area contributed by atoms with Crippen LogP contribution >= 0.6 is 62.2 Å². The molecule has 0 amide bonds. The van der Waals surface area contributed by atoms with Crippen molar-refractivity contribution in [3.05, 3.63) is 57.8 Å². The number of aliphatic hydroxyl groups excluding tert-OH is 4. The number of aromatic amines is 1. The number of thioether (sulfide) groups is 2. The van der Waals surface area contributed by atoms with Gasteiger partial charge in [-0.25, -0.2) is 29.1 Å². The highest BCUT2D eigenvalue weighted by atomic mass is 35.5. The van der Waals surface area contributed by atoms with Crippen LogP contribution in [0.4, 0.5) is 0 Å². The number of esters is 2. The van der Waals surface area contributed by atoms with Crippen molar-refractivity contribution in [2.75, 3.05) is 51.1 Å². The van der Waals surface area contributed by atoms with Crippen LogP contribution in [-0.4, -0.2) is 179 Å². The van der Waals surface area contributed by atoms with E-state index in [4.69, 9.17) is 66.0 Å². The predicted molar refractivity (Wildman–Crippen MR) is 300 cm³/mol. The highest BCUT2D eigenvalue weighted by molar-refractivity contribution is 8.14. The van der Waals surface area contributed by atoms with Gasteiger partial charge in [0.1, 0.15) is 57.9 Å². The molecule has 0 aliphatic carbocycles. The third kappa shape index (κ3) is 20.1. The van der Waals surface area contributed by atoms with Crippen molar-refractivity contribution in [1.82, 2.24) is 24.6 Å². The van der Waals surface area contributed by atoms with Crippen LogP contribution in [-0.2, 0) is 65.4 Å². The van der Waals surface area contributed by atoms with E-state index in [0.717, 1.165) is 40.4 Å². The zero-order chi connectivity index (χ0) is 60.9. The van der Waals surface area contributed by atoms with Gasteiger partial charge in [0.25, 0.3) is 5.56 Å². The smallest absolute Gasteiger partial charge is 0.406 e. The zero-order valence-electron chi connectivity index (χ0n) is 46.7. The molecule has 0 spiro atoms. The van der Waals surface area contributed by atoms with Gasteiger partial charge in [0.2, 0.25) is 0 Å². The van der Waals surface area contributed by atoms with Crippen molar-refractivity contribution in [3.63, 3.8) is 0 Å². The second-order valence-electron chi connectivity index (χ2n) is 20.7. The number of rotatable bonds is 28. The lowest BCUT2D eigenvalue weighted by Gasteiger charge is -2.35. The van der Waals surface area contributed by atoms with Crippen molar-refractivity contribution in [2.45, 2.75) is 154 Å². The number of amidine groups is 1. The average molecular weight is 1260 g/mol. The van der Waals surface area contributed by atoms with Crippen LogP contribution in [0.5, 0.6) is 0 Å². The number of hydrogen-bond acceptors (Lipinski definition) is 25. The molecule has 456 valence electrons. The summed E-state index contributed by atoms with van der Waals surface area (Å²) in [7, 11) is -8.50. The van der Waals surface area contributed by atoms with Crippen LogP contribution in [0.1, 0.15) is 89.3 Å². The van der Waals surface area contributed by atoms with Crippen LogP contribution in [0.2, 0.25) is 0 Å². The first-order valence-electron chi connectivity index (χ1n) is 25.0. The number of aliphatic hydroxyl groups is 4. The SMILES string of the molecule is C=C1N=C(N)C=CN1C1O[C@H](COP(=O)(N[C@H](C)C(=O)OC(C)C)OCCSC(=O)C(C)(C)CO)[C@@H](O)[C@@]1(C)Cl.CC(C)OC(=O)[C@@H](C)N[P@](=O)(OCCSC(=O)C(C)(C)CO)OC[C@H]1O[C@@H](n2ccc(=O)[nH]c2=O)[C@](C)(Cl)[C@@H]1O. The van der Waals surface area contributed by atoms with Crippen LogP contribution < -0.4 is 27.2 Å². The fourth-order valence-corrected chi connectivity index (χ4v) is 12.3. The van der Waals surface area contributed by atoms with E-state index >= 15 is 0 Å². The second kappa shape index (κ2) is 30.2. The van der Waals surface area contributed by atoms with Crippen molar-refractivity contribution in [2.24, 2.45) is 21.6 Å². The fraction of sp³-hybridized carbons (Fsp3) is 0.723. The third-order valence-corrected chi connectivity index (χ3v) is 18.4. The monoisotopic (exact) mass is 1260 g/mol. The maximum absolute atomic E-state index is 13.7. The van der Waals surface area contributed by atoms with Crippen molar-refractivity contribution >= 4 is 90.2 Å². The Kier molecular flexibility index (Phi) is 26.9. The minimum atomic E-state index is -4.28. The first kappa shape index (κ1) is 71.2. The number of nitrogens with one attached hydrogen (secondary N) is 3. The van der Waals surface area contributed by atoms with Gasteiger partial charge in [-0.1, -0.05) is 30.1 Å². The number of nitrogens with zero attached hydrogens (tertiary/aromatic N) is 3. The number of aromatic nitrogens is 2. The van der Waals surface area contributed by atoms with Crippen molar-refractivity contribution in [1.29, 1.82) is 0 Å². The Morgan fingerprint density at radius 1 is 0.800 bits per heavy atom. The normalized spacial score (nSPS) is 26.5. The molecule has 12 atom stereocenters. The summed E-state index contributed by atoms with van der Waals surface area (Å²) >= 11 is 14.9. The molecule has 2 fully saturated rings. The molecule has 2 unspecified atom stereocenters. The van der Waals surface area contributed by atoms with Crippen LogP contribution in [0.15, 0.2) is 51.5 Å². The fourth-order valence-electron chi connectivity index (χ4n) is 6.93. The molecule has 0 bridgehead atoms. The number of halogens is 2. The summed E-state index contributed by atoms with van der Waals surface area (Å²) in [6.45, 7) is 20.5. The number of hydrogen-bond donors (Lipinski definition) is 8. The second-order valence-corrected chi connectivity index (χ2v) is 28.0. The van der Waals surface area contributed by atoms with Gasteiger partial charge >= 0.3 is 33.1 Å². The van der Waals surface area contributed by atoms with E-state index in [0.29, 0.717) is 0 Å². The molecule has 0 radical (unpaired) electrons. The van der Waals surface area contributed by atoms with E-state index < -0.39 is 134 Å². The highest BCUT2D eigenvalue weighted by Crippen LogP contribution is 2.49. The predicted octanol–water partition coefficient (Wildman–Crippen LogP) is 3.22. The minimum Gasteiger partial charge on any atom is -0.462 e. The zero-order valence-corrected chi connectivity index (χ0v) is 51.6. The van der Waals surface area contributed by atoms with Gasteiger partial charge in [-0.05, 0) is 89.2 Å². The summed E-state index contributed by atoms with van der Waals surface area (Å²) in [5.74, 6) is -0.765. The van der Waals surface area contributed by atoms with Gasteiger partial charge in [-0.15, -0.1) is 23.2 Å². The summed E-state index contributed by atoms with van der Waals surface area (Å²) in [5, 5.41) is 44.9. The molecular formula is C47H77Cl2N7O20P2S2. The summed E-state index contributed by atoms with van der Waals surface area (Å²) in [4.78, 5) is 77.7. The Balaban J connectivity index is 0.000000420. The standard InChI is InChI=1S/C24H40ClN4O9PS.C23H37ClN3O11PS/c1-14(2)37-20(32)15(3)28-39(34,35-10-11-40-22(33)23(5,6)13-30)36-12-17-19(31)24(7,25)21(38-17)29-9-8-18(26)27-16(29)4;1-13(2)37-18(31)14(3)26-39(34,35-9-10-40-20(32)22(4,5)12-28)36-11-15-17(30)23(6,24)19(38-15)27-8-7-16(29)25-21(27)33/h8-9,14-15,17,19,21,30-31H,4,10-13H2,1-3,5-7H3,(H2,26,27)(H,28,34);7-8,13-15,17,19,28,30H,9-12H2,1-6H3,(H,26,34)(H,25,29,33)/t15-,17-,19-,21?,24-,39?;14-,15-,17-,19-,23-,39+/m11/s1. The van der Waals surface area contributed by atoms with E-state index in [2.05, 4.69) is 26.7 Å². The summed E-state index contributed by atoms with van der Waals surface area (Å²) < 4.78 is 72.4. The molecule has 3 aliphatic heterocycles. The van der Waals surface area contributed by atoms with E-state index in [9.17, 15) is 58.3 Å². The molecule has 27 nitrogen and oxygen atoms in total. The molecule has 33 heteroatoms. The molecule has 9 N–H and O–H groups in total. The number of nitrogens with two attached hydrogens (primary N) is 1. The maximum atomic E-state index is 13.7. The van der Waals surface area contributed by atoms with Gasteiger partial charge < -0.3 is 50.0 Å². The molecule has 0 aromatic carbocycles. The summed E-state index contributed by atoms with van der Waals surface area (Å²) in [6.07, 6.45) is -3.72. The molecular weight excluding hydrogens is 1180 g/mol. The van der Waals surface area contributed by atoms with Gasteiger partial charge in [0, 0.05) is 30.0 Å². The van der Waals surface area contributed by atoms with E-state index in [-0.39, 0.29) is 59.8 Å². The van der Waals surface area contributed by atoms with Crippen LogP contribution in [0, 0.1) is 10.8 Å². The minimum absolute atomic E-state index is 0.0572. The first-order valence-corrected chi connectivity index (χ1v) is 30.8. The lowest BCUT2D eigenvalue weighted by molar-refractivity contribution is -0.150. The number of carbonyl (C=O) groups excluding carboxylic acids is 4. The Labute approximate surface area is 482 Å². The van der Waals surface area contributed by atoms with Crippen LogP contribution in [0.3, 0.4) is 0 Å². The molecule has 1 aromatic rings. The Morgan fingerprint density at radius 2 is 1.21 bits per heavy atom. The van der Waals surface area contributed by atoms with E-state index in [1.807, 2.05) is 0 Å². The maximum Gasteiger partial charge on any atom is 0.406 e. The Hall–Kier alpha value is -3.03. The molecule has 4 rings (SSSR count). The van der Waals surface area contributed by atoms with Gasteiger partial charge in [-0.2, -0.15) is 0 Å². The lowest BCUT2D eigenvalue weighted by Crippen LogP contribution is -2.47. The van der Waals surface area contributed by atoms with E-state index in [1.54, 1.807) is 68.5 Å².